The van der Waals surface area contributed by atoms with Crippen molar-refractivity contribution < 1.29 is 19.1 Å². The van der Waals surface area contributed by atoms with Crippen molar-refractivity contribution in [2.24, 2.45) is 0 Å². The highest BCUT2D eigenvalue weighted by atomic mass is 16.7. The van der Waals surface area contributed by atoms with Gasteiger partial charge in [-0.3, -0.25) is 9.69 Å². The van der Waals surface area contributed by atoms with Crippen LogP contribution in [0.5, 0.6) is 11.5 Å². The van der Waals surface area contributed by atoms with E-state index in [-0.39, 0.29) is 25.3 Å². The van der Waals surface area contributed by atoms with Gasteiger partial charge in [0.2, 0.25) is 12.7 Å². The Bertz CT molecular complexity index is 912. The highest BCUT2D eigenvalue weighted by Crippen LogP contribution is 2.36. The minimum absolute atomic E-state index is 0.0211. The van der Waals surface area contributed by atoms with Crippen LogP contribution < -0.4 is 19.7 Å². The predicted octanol–water partition coefficient (Wildman–Crippen LogP) is 2.91. The van der Waals surface area contributed by atoms with Crippen molar-refractivity contribution in [3.8, 4) is 11.5 Å². The zero-order valence-electron chi connectivity index (χ0n) is 15.3. The first-order chi connectivity index (χ1) is 13.0. The lowest BCUT2D eigenvalue weighted by Gasteiger charge is -2.19. The van der Waals surface area contributed by atoms with Crippen molar-refractivity contribution in [3.05, 3.63) is 47.5 Å². The molecule has 0 spiro atoms. The van der Waals surface area contributed by atoms with Crippen LogP contribution in [0.3, 0.4) is 0 Å². The van der Waals surface area contributed by atoms with Gasteiger partial charge in [0, 0.05) is 30.5 Å². The van der Waals surface area contributed by atoms with Crippen molar-refractivity contribution >= 4 is 23.3 Å². The fourth-order valence-electron chi connectivity index (χ4n) is 3.27. The van der Waals surface area contributed by atoms with Gasteiger partial charge in [0.25, 0.3) is 0 Å². The van der Waals surface area contributed by atoms with E-state index in [2.05, 4.69) is 5.32 Å². The minimum atomic E-state index is -0.204. The minimum Gasteiger partial charge on any atom is -0.454 e. The molecule has 3 amide bonds. The molecule has 2 aromatic rings. The highest BCUT2D eigenvalue weighted by Gasteiger charge is 2.31. The smallest absolute Gasteiger partial charge is 0.325 e. The van der Waals surface area contributed by atoms with Gasteiger partial charge in [0.05, 0.1) is 0 Å². The van der Waals surface area contributed by atoms with Crippen LogP contribution in [0.2, 0.25) is 0 Å². The standard InChI is InChI=1S/C20H21N3O4/c1-13-4-3-5-16(14(13)2)21-19(24)11-22-8-9-23(20(22)25)15-6-7-17-18(10-15)27-12-26-17/h3-7,10H,8-9,11-12H2,1-2H3,(H,21,24). The third-order valence-corrected chi connectivity index (χ3v) is 4.98. The summed E-state index contributed by atoms with van der Waals surface area (Å²) in [6.07, 6.45) is 0. The van der Waals surface area contributed by atoms with Crippen LogP contribution in [0.15, 0.2) is 36.4 Å². The lowest BCUT2D eigenvalue weighted by Crippen LogP contribution is -2.37. The zero-order chi connectivity index (χ0) is 19.0. The van der Waals surface area contributed by atoms with Gasteiger partial charge in [-0.25, -0.2) is 4.79 Å². The lowest BCUT2D eigenvalue weighted by atomic mass is 10.1. The van der Waals surface area contributed by atoms with E-state index in [1.54, 1.807) is 21.9 Å². The molecule has 2 aliphatic heterocycles. The third-order valence-electron chi connectivity index (χ3n) is 4.98. The average molecular weight is 367 g/mol. The Labute approximate surface area is 157 Å². The largest absolute Gasteiger partial charge is 0.454 e. The molecule has 2 aromatic carbocycles. The first-order valence-corrected chi connectivity index (χ1v) is 8.85. The number of ether oxygens (including phenoxy) is 2. The van der Waals surface area contributed by atoms with E-state index in [9.17, 15) is 9.59 Å². The van der Waals surface area contributed by atoms with Gasteiger partial charge < -0.3 is 19.7 Å². The molecule has 7 heteroatoms. The number of amides is 3. The number of hydrogen-bond donors (Lipinski definition) is 1. The molecular weight excluding hydrogens is 346 g/mol. The van der Waals surface area contributed by atoms with Crippen molar-refractivity contribution in [3.63, 3.8) is 0 Å². The molecule has 0 aliphatic carbocycles. The molecule has 0 saturated carbocycles. The van der Waals surface area contributed by atoms with Gasteiger partial charge in [0.1, 0.15) is 6.54 Å². The molecule has 140 valence electrons. The summed E-state index contributed by atoms with van der Waals surface area (Å²) in [5.74, 6) is 1.10. The Morgan fingerprint density at radius 1 is 1.11 bits per heavy atom. The molecule has 7 nitrogen and oxygen atoms in total. The van der Waals surface area contributed by atoms with Crippen LogP contribution in [0, 0.1) is 13.8 Å². The Hall–Kier alpha value is -3.22. The van der Waals surface area contributed by atoms with E-state index in [1.807, 2.05) is 38.1 Å². The maximum Gasteiger partial charge on any atom is 0.325 e. The summed E-state index contributed by atoms with van der Waals surface area (Å²) in [4.78, 5) is 28.3. The molecule has 0 unspecified atom stereocenters. The number of carbonyl (C=O) groups excluding carboxylic acids is 2. The quantitative estimate of drug-likeness (QED) is 0.902. The Balaban J connectivity index is 1.41. The number of aryl methyl sites for hydroxylation is 1. The number of nitrogens with zero attached hydrogens (tertiary/aromatic N) is 2. The number of carbonyl (C=O) groups is 2. The number of rotatable bonds is 4. The van der Waals surface area contributed by atoms with Crippen LogP contribution in [-0.4, -0.2) is 43.3 Å². The van der Waals surface area contributed by atoms with E-state index in [0.29, 0.717) is 24.6 Å². The average Bonchev–Trinajstić information content (AvgIpc) is 3.25. The number of urea groups is 1. The monoisotopic (exact) mass is 367 g/mol. The molecule has 0 aromatic heterocycles. The summed E-state index contributed by atoms with van der Waals surface area (Å²) >= 11 is 0. The molecular formula is C20H21N3O4. The summed E-state index contributed by atoms with van der Waals surface area (Å²) in [5, 5.41) is 2.90. The number of fused-ring (bicyclic) bond motifs is 1. The summed E-state index contributed by atoms with van der Waals surface area (Å²) < 4.78 is 10.7. The number of hydrogen-bond acceptors (Lipinski definition) is 4. The molecule has 2 aliphatic rings. The second kappa shape index (κ2) is 6.83. The van der Waals surface area contributed by atoms with Crippen LogP contribution in [-0.2, 0) is 4.79 Å². The number of nitrogens with one attached hydrogen (secondary N) is 1. The van der Waals surface area contributed by atoms with Crippen LogP contribution in [0.1, 0.15) is 11.1 Å². The Kier molecular flexibility index (Phi) is 4.35. The molecule has 2 heterocycles. The van der Waals surface area contributed by atoms with Gasteiger partial charge >= 0.3 is 6.03 Å². The van der Waals surface area contributed by atoms with Gasteiger partial charge in [-0.1, -0.05) is 12.1 Å². The number of anilines is 2. The van der Waals surface area contributed by atoms with Gasteiger partial charge in [-0.2, -0.15) is 0 Å². The molecule has 1 fully saturated rings. The van der Waals surface area contributed by atoms with E-state index < -0.39 is 0 Å². The van der Waals surface area contributed by atoms with E-state index >= 15 is 0 Å². The number of benzene rings is 2. The van der Waals surface area contributed by atoms with E-state index in [1.165, 1.54) is 0 Å². The first-order valence-electron chi connectivity index (χ1n) is 8.85. The van der Waals surface area contributed by atoms with Gasteiger partial charge in [-0.15, -0.1) is 0 Å². The normalized spacial score (nSPS) is 15.4. The van der Waals surface area contributed by atoms with Crippen molar-refractivity contribution in [1.82, 2.24) is 4.90 Å². The van der Waals surface area contributed by atoms with Crippen molar-refractivity contribution in [2.75, 3.05) is 36.6 Å². The van der Waals surface area contributed by atoms with Crippen molar-refractivity contribution in [2.45, 2.75) is 13.8 Å². The second-order valence-corrected chi connectivity index (χ2v) is 6.69. The van der Waals surface area contributed by atoms with Crippen molar-refractivity contribution in [1.29, 1.82) is 0 Å². The Morgan fingerprint density at radius 2 is 1.93 bits per heavy atom. The summed E-state index contributed by atoms with van der Waals surface area (Å²) in [5.41, 5.74) is 3.65. The van der Waals surface area contributed by atoms with E-state index in [0.717, 1.165) is 22.5 Å². The van der Waals surface area contributed by atoms with Crippen LogP contribution in [0.25, 0.3) is 0 Å². The molecule has 4 rings (SSSR count). The molecule has 0 atom stereocenters. The molecule has 27 heavy (non-hydrogen) atoms. The summed E-state index contributed by atoms with van der Waals surface area (Å²) in [7, 11) is 0. The van der Waals surface area contributed by atoms with E-state index in [4.69, 9.17) is 9.47 Å². The molecule has 1 N–H and O–H groups in total. The fraction of sp³-hybridized carbons (Fsp3) is 0.300. The first kappa shape index (κ1) is 17.2. The zero-order valence-corrected chi connectivity index (χ0v) is 15.3. The second-order valence-electron chi connectivity index (χ2n) is 6.69. The highest BCUT2D eigenvalue weighted by molar-refractivity contribution is 5.99. The summed E-state index contributed by atoms with van der Waals surface area (Å²) in [6.45, 7) is 5.19. The van der Waals surface area contributed by atoms with Crippen LogP contribution >= 0.6 is 0 Å². The van der Waals surface area contributed by atoms with Gasteiger partial charge in [0.15, 0.2) is 11.5 Å². The Morgan fingerprint density at radius 3 is 2.78 bits per heavy atom. The van der Waals surface area contributed by atoms with Gasteiger partial charge in [-0.05, 0) is 43.2 Å². The molecule has 0 bridgehead atoms. The maximum absolute atomic E-state index is 12.7. The predicted molar refractivity (Wildman–Crippen MR) is 101 cm³/mol. The fourth-order valence-corrected chi connectivity index (χ4v) is 3.27. The van der Waals surface area contributed by atoms with Crippen LogP contribution in [0.4, 0.5) is 16.2 Å². The molecule has 0 radical (unpaired) electrons. The maximum atomic E-state index is 12.7. The topological polar surface area (TPSA) is 71.1 Å². The lowest BCUT2D eigenvalue weighted by molar-refractivity contribution is -0.116. The SMILES string of the molecule is Cc1cccc(NC(=O)CN2CCN(c3ccc4c(c3)OCO4)C2=O)c1C. The third kappa shape index (κ3) is 3.28. The summed E-state index contributed by atoms with van der Waals surface area (Å²) in [6, 6.07) is 11.0. The molecule has 1 saturated heterocycles.